The Morgan fingerprint density at radius 3 is 2.28 bits per heavy atom. The molecule has 0 radical (unpaired) electrons. The third kappa shape index (κ3) is 4.80. The van der Waals surface area contributed by atoms with E-state index in [9.17, 15) is 14.4 Å². The highest BCUT2D eigenvalue weighted by molar-refractivity contribution is 5.98. The topological polar surface area (TPSA) is 91.4 Å². The number of hydrogen-bond donors (Lipinski definition) is 2. The van der Waals surface area contributed by atoms with Crippen LogP contribution in [0.1, 0.15) is 36.0 Å². The third-order valence-electron chi connectivity index (χ3n) is 5.39. The molecule has 2 aromatic rings. The van der Waals surface area contributed by atoms with E-state index in [4.69, 9.17) is 0 Å². The highest BCUT2D eigenvalue weighted by Gasteiger charge is 2.30. The Morgan fingerprint density at radius 2 is 1.59 bits per heavy atom. The molecular formula is C22H24N4O3. The Morgan fingerprint density at radius 1 is 0.862 bits per heavy atom. The summed E-state index contributed by atoms with van der Waals surface area (Å²) in [4.78, 5) is 43.1. The van der Waals surface area contributed by atoms with Crippen molar-refractivity contribution < 1.29 is 14.4 Å². The van der Waals surface area contributed by atoms with Gasteiger partial charge in [-0.2, -0.15) is 0 Å². The van der Waals surface area contributed by atoms with Crippen LogP contribution in [-0.2, 0) is 9.59 Å². The van der Waals surface area contributed by atoms with Crippen LogP contribution in [0.2, 0.25) is 0 Å². The second-order valence-corrected chi connectivity index (χ2v) is 7.62. The van der Waals surface area contributed by atoms with Crippen molar-refractivity contribution >= 4 is 29.2 Å². The second-order valence-electron chi connectivity index (χ2n) is 7.62. The molecule has 150 valence electrons. The zero-order chi connectivity index (χ0) is 20.2. The maximum absolute atomic E-state index is 12.9. The maximum Gasteiger partial charge on any atom is 0.253 e. The van der Waals surface area contributed by atoms with Crippen molar-refractivity contribution in [2.45, 2.75) is 25.7 Å². The minimum atomic E-state index is -0.134. The molecule has 7 heteroatoms. The first kappa shape index (κ1) is 19.1. The summed E-state index contributed by atoms with van der Waals surface area (Å²) in [5, 5.41) is 5.71. The van der Waals surface area contributed by atoms with E-state index in [1.54, 1.807) is 47.5 Å². The highest BCUT2D eigenvalue weighted by Crippen LogP contribution is 2.30. The average molecular weight is 392 g/mol. The summed E-state index contributed by atoms with van der Waals surface area (Å²) in [6.45, 7) is 1.05. The van der Waals surface area contributed by atoms with Gasteiger partial charge in [-0.1, -0.05) is 12.1 Å². The predicted octanol–water partition coefficient (Wildman–Crippen LogP) is 2.92. The predicted molar refractivity (Wildman–Crippen MR) is 109 cm³/mol. The van der Waals surface area contributed by atoms with Crippen LogP contribution in [0.15, 0.2) is 48.7 Å². The van der Waals surface area contributed by atoms with Gasteiger partial charge in [0.1, 0.15) is 5.82 Å². The number of piperidine rings is 1. The summed E-state index contributed by atoms with van der Waals surface area (Å²) in [5.74, 6) is 0.419. The number of benzene rings is 1. The van der Waals surface area contributed by atoms with Gasteiger partial charge in [-0.3, -0.25) is 14.4 Å². The van der Waals surface area contributed by atoms with Gasteiger partial charge in [0.25, 0.3) is 5.91 Å². The summed E-state index contributed by atoms with van der Waals surface area (Å²) < 4.78 is 0. The number of nitrogens with one attached hydrogen (secondary N) is 2. The Kier molecular flexibility index (Phi) is 5.55. The molecular weight excluding hydrogens is 368 g/mol. The van der Waals surface area contributed by atoms with Gasteiger partial charge in [0.2, 0.25) is 11.8 Å². The molecule has 0 unspecified atom stereocenters. The van der Waals surface area contributed by atoms with Crippen molar-refractivity contribution in [1.82, 2.24) is 9.88 Å². The molecule has 2 fully saturated rings. The number of carbonyl (C=O) groups is 3. The van der Waals surface area contributed by atoms with Gasteiger partial charge in [0.15, 0.2) is 0 Å². The van der Waals surface area contributed by atoms with E-state index in [-0.39, 0.29) is 29.6 Å². The molecule has 1 aromatic heterocycles. The molecule has 7 nitrogen and oxygen atoms in total. The molecule has 2 aliphatic rings. The smallest absolute Gasteiger partial charge is 0.253 e. The first-order valence-corrected chi connectivity index (χ1v) is 10.0. The zero-order valence-corrected chi connectivity index (χ0v) is 16.1. The maximum atomic E-state index is 12.9. The van der Waals surface area contributed by atoms with E-state index in [0.717, 1.165) is 12.8 Å². The van der Waals surface area contributed by atoms with Crippen molar-refractivity contribution in [2.75, 3.05) is 23.7 Å². The van der Waals surface area contributed by atoms with Gasteiger partial charge in [-0.25, -0.2) is 4.98 Å². The molecule has 1 aliphatic carbocycles. The Bertz CT molecular complexity index is 903. The quantitative estimate of drug-likeness (QED) is 0.818. The first-order valence-electron chi connectivity index (χ1n) is 10.0. The minimum Gasteiger partial charge on any atom is -0.339 e. The van der Waals surface area contributed by atoms with Gasteiger partial charge in [-0.05, 0) is 56.0 Å². The number of pyridine rings is 1. The molecule has 3 amide bonds. The second kappa shape index (κ2) is 8.43. The molecule has 2 heterocycles. The van der Waals surface area contributed by atoms with Gasteiger partial charge in [0.05, 0.1) is 0 Å². The standard InChI is InChI=1S/C22H24N4O3/c27-20(15-7-8-15)24-18-5-3-4-17(14-18)22(29)26-12-9-16(10-13-26)21(28)25-19-6-1-2-11-23-19/h1-6,11,14-16H,7-10,12-13H2,(H,24,27)(H,23,25,28). The van der Waals surface area contributed by atoms with Gasteiger partial charge in [-0.15, -0.1) is 0 Å². The number of nitrogens with zero attached hydrogens (tertiary/aromatic N) is 2. The zero-order valence-electron chi connectivity index (χ0n) is 16.1. The van der Waals surface area contributed by atoms with Gasteiger partial charge < -0.3 is 15.5 Å². The Labute approximate surface area is 169 Å². The van der Waals surface area contributed by atoms with Crippen LogP contribution in [-0.4, -0.2) is 40.7 Å². The number of hydrogen-bond acceptors (Lipinski definition) is 4. The fraction of sp³-hybridized carbons (Fsp3) is 0.364. The number of carbonyl (C=O) groups excluding carboxylic acids is 3. The largest absolute Gasteiger partial charge is 0.339 e. The lowest BCUT2D eigenvalue weighted by atomic mass is 9.95. The van der Waals surface area contributed by atoms with Crippen LogP contribution in [0.3, 0.4) is 0 Å². The van der Waals surface area contributed by atoms with Crippen molar-refractivity contribution in [3.63, 3.8) is 0 Å². The summed E-state index contributed by atoms with van der Waals surface area (Å²) >= 11 is 0. The van der Waals surface area contributed by atoms with Crippen LogP contribution >= 0.6 is 0 Å². The first-order chi connectivity index (χ1) is 14.1. The van der Waals surface area contributed by atoms with E-state index in [0.29, 0.717) is 43.0 Å². The van der Waals surface area contributed by atoms with E-state index >= 15 is 0 Å². The van der Waals surface area contributed by atoms with E-state index < -0.39 is 0 Å². The van der Waals surface area contributed by atoms with Crippen molar-refractivity contribution in [2.24, 2.45) is 11.8 Å². The number of rotatable bonds is 5. The van der Waals surface area contributed by atoms with Crippen LogP contribution in [0, 0.1) is 11.8 Å². The molecule has 1 aliphatic heterocycles. The van der Waals surface area contributed by atoms with Crippen LogP contribution in [0.25, 0.3) is 0 Å². The van der Waals surface area contributed by atoms with Crippen molar-refractivity contribution in [1.29, 1.82) is 0 Å². The van der Waals surface area contributed by atoms with Crippen molar-refractivity contribution in [3.8, 4) is 0 Å². The SMILES string of the molecule is O=C(Nc1cccc(C(=O)N2CCC(C(=O)Nc3ccccn3)CC2)c1)C1CC1. The van der Waals surface area contributed by atoms with Gasteiger partial charge >= 0.3 is 0 Å². The molecule has 0 spiro atoms. The molecule has 0 bridgehead atoms. The minimum absolute atomic E-state index is 0.0225. The third-order valence-corrected chi connectivity index (χ3v) is 5.39. The monoisotopic (exact) mass is 392 g/mol. The molecule has 1 aromatic carbocycles. The summed E-state index contributed by atoms with van der Waals surface area (Å²) in [7, 11) is 0. The lowest BCUT2D eigenvalue weighted by Crippen LogP contribution is -2.41. The average Bonchev–Trinajstić information content (AvgIpc) is 3.60. The normalized spacial score (nSPS) is 16.9. The van der Waals surface area contributed by atoms with Crippen LogP contribution < -0.4 is 10.6 Å². The molecule has 4 rings (SSSR count). The number of aromatic nitrogens is 1. The highest BCUT2D eigenvalue weighted by atomic mass is 16.2. The molecule has 29 heavy (non-hydrogen) atoms. The van der Waals surface area contributed by atoms with Crippen LogP contribution in [0.5, 0.6) is 0 Å². The van der Waals surface area contributed by atoms with Crippen LogP contribution in [0.4, 0.5) is 11.5 Å². The molecule has 0 atom stereocenters. The van der Waals surface area contributed by atoms with Gasteiger partial charge in [0, 0.05) is 42.4 Å². The summed E-state index contributed by atoms with van der Waals surface area (Å²) in [6, 6.07) is 12.4. The lowest BCUT2D eigenvalue weighted by molar-refractivity contribution is -0.121. The Balaban J connectivity index is 1.31. The van der Waals surface area contributed by atoms with E-state index in [2.05, 4.69) is 15.6 Å². The number of anilines is 2. The summed E-state index contributed by atoms with van der Waals surface area (Å²) in [6.07, 6.45) is 4.74. The fourth-order valence-corrected chi connectivity index (χ4v) is 3.51. The van der Waals surface area contributed by atoms with E-state index in [1.807, 2.05) is 6.07 Å². The molecule has 2 N–H and O–H groups in total. The number of amides is 3. The van der Waals surface area contributed by atoms with E-state index in [1.165, 1.54) is 0 Å². The lowest BCUT2D eigenvalue weighted by Gasteiger charge is -2.31. The van der Waals surface area contributed by atoms with Crippen molar-refractivity contribution in [3.05, 3.63) is 54.2 Å². The summed E-state index contributed by atoms with van der Waals surface area (Å²) in [5.41, 5.74) is 1.20. The fourth-order valence-electron chi connectivity index (χ4n) is 3.51. The molecule has 1 saturated carbocycles. The Hall–Kier alpha value is -3.22. The molecule has 1 saturated heterocycles. The number of likely N-dealkylation sites (tertiary alicyclic amines) is 1.